The first kappa shape index (κ1) is 14.3. The summed E-state index contributed by atoms with van der Waals surface area (Å²) in [6.07, 6.45) is 0.681. The first-order valence-corrected chi connectivity index (χ1v) is 7.86. The second kappa shape index (κ2) is 5.70. The van der Waals surface area contributed by atoms with E-state index in [4.69, 9.17) is 15.4 Å². The molecule has 0 saturated heterocycles. The summed E-state index contributed by atoms with van der Waals surface area (Å²) >= 11 is 1.05. The second-order valence-corrected chi connectivity index (χ2v) is 6.16. The molecule has 0 aliphatic heterocycles. The Hall–Kier alpha value is -0.790. The van der Waals surface area contributed by atoms with Crippen LogP contribution in [-0.2, 0) is 14.1 Å². The molecular weight excluding hydrogens is 288 g/mol. The van der Waals surface area contributed by atoms with Gasteiger partial charge in [0.2, 0.25) is 0 Å². The summed E-state index contributed by atoms with van der Waals surface area (Å²) in [6, 6.07) is 0. The minimum absolute atomic E-state index is 0.0638. The number of carbonyl (C=O) groups excluding carboxylic acids is 1. The Morgan fingerprint density at radius 3 is 2.71 bits per heavy atom. The van der Waals surface area contributed by atoms with Crippen molar-refractivity contribution in [2.45, 2.75) is 20.3 Å². The maximum atomic E-state index is 11.6. The Morgan fingerprint density at radius 1 is 1.53 bits per heavy atom. The summed E-state index contributed by atoms with van der Waals surface area (Å²) in [4.78, 5) is 11.7. The van der Waals surface area contributed by atoms with Gasteiger partial charge in [0.1, 0.15) is 0 Å². The number of ether oxygens (including phenoxy) is 1. The number of aryl methyl sites for hydroxylation is 1. The summed E-state index contributed by atoms with van der Waals surface area (Å²) < 4.78 is 31.1. The van der Waals surface area contributed by atoms with Crippen LogP contribution in [0.3, 0.4) is 0 Å². The van der Waals surface area contributed by atoms with Gasteiger partial charge in [-0.25, -0.2) is 4.79 Å². The van der Waals surface area contributed by atoms with Crippen LogP contribution < -0.4 is 4.18 Å². The van der Waals surface area contributed by atoms with Crippen LogP contribution in [0.2, 0.25) is 0 Å². The first-order valence-electron chi connectivity index (χ1n) is 4.74. The van der Waals surface area contributed by atoms with Crippen molar-refractivity contribution in [3.05, 3.63) is 15.8 Å². The molecule has 0 spiro atoms. The highest BCUT2D eigenvalue weighted by Gasteiger charge is 2.22. The number of hydrogen-bond acceptors (Lipinski definition) is 6. The molecule has 17 heavy (non-hydrogen) atoms. The van der Waals surface area contributed by atoms with Crippen molar-refractivity contribution in [1.82, 2.24) is 0 Å². The molecule has 0 atom stereocenters. The Morgan fingerprint density at radius 2 is 2.18 bits per heavy atom. The minimum Gasteiger partial charge on any atom is -0.461 e. The van der Waals surface area contributed by atoms with E-state index in [9.17, 15) is 13.2 Å². The molecule has 5 nitrogen and oxygen atoms in total. The molecule has 0 radical (unpaired) electrons. The third-order valence-corrected chi connectivity index (χ3v) is 3.34. The summed E-state index contributed by atoms with van der Waals surface area (Å²) in [5.41, 5.74) is 0.516. The average Bonchev–Trinajstić information content (AvgIpc) is 2.55. The highest BCUT2D eigenvalue weighted by atomic mass is 35.7. The molecule has 1 rings (SSSR count). The molecule has 0 aromatic carbocycles. The van der Waals surface area contributed by atoms with Crippen LogP contribution in [0.1, 0.15) is 28.6 Å². The normalized spacial score (nSPS) is 11.2. The maximum Gasteiger partial charge on any atom is 0.401 e. The molecule has 96 valence electrons. The van der Waals surface area contributed by atoms with Gasteiger partial charge in [-0.1, -0.05) is 6.92 Å². The van der Waals surface area contributed by atoms with Crippen LogP contribution in [0.4, 0.5) is 0 Å². The van der Waals surface area contributed by atoms with Crippen molar-refractivity contribution < 1.29 is 22.1 Å². The van der Waals surface area contributed by atoms with Gasteiger partial charge in [0.05, 0.1) is 17.3 Å². The number of rotatable bonds is 5. The number of hydrogen-bond donors (Lipinski definition) is 0. The number of esters is 1. The molecule has 0 N–H and O–H groups in total. The monoisotopic (exact) mass is 298 g/mol. The molecule has 0 unspecified atom stereocenters. The van der Waals surface area contributed by atoms with Crippen molar-refractivity contribution in [2.75, 3.05) is 6.61 Å². The largest absolute Gasteiger partial charge is 0.461 e. The molecule has 8 heteroatoms. The lowest BCUT2D eigenvalue weighted by atomic mass is 10.3. The summed E-state index contributed by atoms with van der Waals surface area (Å²) in [5, 5.41) is 1.60. The van der Waals surface area contributed by atoms with Crippen LogP contribution in [0, 0.1) is 6.92 Å². The van der Waals surface area contributed by atoms with Gasteiger partial charge in [0.25, 0.3) is 0 Å². The van der Waals surface area contributed by atoms with Gasteiger partial charge in [-0.2, -0.15) is 8.42 Å². The third kappa shape index (κ3) is 4.18. The molecule has 0 amide bonds. The Bertz CT molecular complexity index is 505. The van der Waals surface area contributed by atoms with Crippen LogP contribution in [0.5, 0.6) is 5.75 Å². The molecule has 1 aromatic heterocycles. The van der Waals surface area contributed by atoms with Crippen molar-refractivity contribution in [3.63, 3.8) is 0 Å². The van der Waals surface area contributed by atoms with Gasteiger partial charge in [-0.05, 0) is 18.7 Å². The molecule has 1 aromatic rings. The van der Waals surface area contributed by atoms with Crippen LogP contribution >= 0.6 is 22.0 Å². The lowest BCUT2D eigenvalue weighted by molar-refractivity contribution is 0.0509. The molecular formula is C9H11ClO5S2. The number of halogens is 1. The fourth-order valence-electron chi connectivity index (χ4n) is 1.04. The zero-order valence-electron chi connectivity index (χ0n) is 9.23. The zero-order chi connectivity index (χ0) is 13.1. The fraction of sp³-hybridized carbons (Fsp3) is 0.444. The van der Waals surface area contributed by atoms with Crippen molar-refractivity contribution in [2.24, 2.45) is 0 Å². The van der Waals surface area contributed by atoms with Crippen LogP contribution in [0.15, 0.2) is 5.38 Å². The fourth-order valence-corrected chi connectivity index (χ4v) is 2.56. The van der Waals surface area contributed by atoms with Crippen LogP contribution in [-0.4, -0.2) is 21.0 Å². The number of thiophene rings is 1. The molecule has 0 bridgehead atoms. The molecule has 0 aliphatic rings. The Balaban J connectivity index is 2.97. The smallest absolute Gasteiger partial charge is 0.401 e. The van der Waals surface area contributed by atoms with Gasteiger partial charge >= 0.3 is 15.3 Å². The topological polar surface area (TPSA) is 69.7 Å². The summed E-state index contributed by atoms with van der Waals surface area (Å²) in [5.74, 6) is -0.675. The predicted octanol–water partition coefficient (Wildman–Crippen LogP) is 2.49. The van der Waals surface area contributed by atoms with Crippen molar-refractivity contribution in [1.29, 1.82) is 0 Å². The zero-order valence-corrected chi connectivity index (χ0v) is 11.6. The van der Waals surface area contributed by atoms with E-state index in [1.54, 1.807) is 12.3 Å². The van der Waals surface area contributed by atoms with Crippen molar-refractivity contribution in [3.8, 4) is 5.75 Å². The highest BCUT2D eigenvalue weighted by Crippen LogP contribution is 2.32. The van der Waals surface area contributed by atoms with Crippen molar-refractivity contribution >= 4 is 37.3 Å². The van der Waals surface area contributed by atoms with E-state index in [1.807, 2.05) is 6.92 Å². The van der Waals surface area contributed by atoms with Gasteiger partial charge in [-0.3, -0.25) is 0 Å². The third-order valence-electron chi connectivity index (χ3n) is 1.72. The Kier molecular flexibility index (Phi) is 4.79. The van der Waals surface area contributed by atoms with Crippen LogP contribution in [0.25, 0.3) is 0 Å². The number of carbonyl (C=O) groups is 1. The van der Waals surface area contributed by atoms with Gasteiger partial charge in [-0.15, -0.1) is 11.3 Å². The predicted molar refractivity (Wildman–Crippen MR) is 65.0 cm³/mol. The van der Waals surface area contributed by atoms with E-state index in [-0.39, 0.29) is 17.2 Å². The van der Waals surface area contributed by atoms with E-state index in [0.717, 1.165) is 11.3 Å². The molecule has 1 heterocycles. The summed E-state index contributed by atoms with van der Waals surface area (Å²) in [7, 11) is 0.805. The van der Waals surface area contributed by atoms with E-state index >= 15 is 0 Å². The molecule has 0 aliphatic carbocycles. The quantitative estimate of drug-likeness (QED) is 0.617. The SMILES string of the molecule is CCCOC(=O)c1scc(C)c1OS(=O)(=O)Cl. The second-order valence-electron chi connectivity index (χ2n) is 3.19. The van der Waals surface area contributed by atoms with Gasteiger partial charge < -0.3 is 8.92 Å². The highest BCUT2D eigenvalue weighted by molar-refractivity contribution is 8.10. The Labute approximate surface area is 108 Å². The van der Waals surface area contributed by atoms with E-state index in [0.29, 0.717) is 12.0 Å². The standard InChI is InChI=1S/C9H11ClO5S2/c1-3-4-14-9(11)8-7(6(2)5-16-8)15-17(10,12)13/h5H,3-4H2,1-2H3. The molecule has 0 saturated carbocycles. The first-order chi connectivity index (χ1) is 7.85. The average molecular weight is 299 g/mol. The lowest BCUT2D eigenvalue weighted by Crippen LogP contribution is -2.08. The maximum absolute atomic E-state index is 11.6. The summed E-state index contributed by atoms with van der Waals surface area (Å²) in [6.45, 7) is 3.74. The van der Waals surface area contributed by atoms with E-state index in [2.05, 4.69) is 4.18 Å². The lowest BCUT2D eigenvalue weighted by Gasteiger charge is -2.05. The molecule has 0 fully saturated rings. The minimum atomic E-state index is -4.17. The van der Waals surface area contributed by atoms with Gasteiger partial charge in [0.15, 0.2) is 10.6 Å². The van der Waals surface area contributed by atoms with E-state index in [1.165, 1.54) is 0 Å². The van der Waals surface area contributed by atoms with E-state index < -0.39 is 15.3 Å². The van der Waals surface area contributed by atoms with Gasteiger partial charge in [0, 0.05) is 5.56 Å².